The van der Waals surface area contributed by atoms with Crippen molar-refractivity contribution in [1.29, 1.82) is 0 Å². The van der Waals surface area contributed by atoms with Gasteiger partial charge in [0.15, 0.2) is 11.5 Å². The van der Waals surface area contributed by atoms with Crippen LogP contribution in [0.4, 0.5) is 0 Å². The van der Waals surface area contributed by atoms with E-state index in [2.05, 4.69) is 0 Å². The van der Waals surface area contributed by atoms with Crippen molar-refractivity contribution in [2.45, 2.75) is 24.7 Å². The van der Waals surface area contributed by atoms with E-state index in [1.54, 1.807) is 37.8 Å². The maximum absolute atomic E-state index is 12.2. The SMILES string of the molecule is COc1ccc(SCCC(=O)N2CCC(C)(C(=O)O)C2)cc1OC. The zero-order valence-corrected chi connectivity index (χ0v) is 15.0. The second-order valence-electron chi connectivity index (χ2n) is 6.05. The summed E-state index contributed by atoms with van der Waals surface area (Å²) in [6.07, 6.45) is 0.894. The number of carbonyl (C=O) groups excluding carboxylic acids is 1. The summed E-state index contributed by atoms with van der Waals surface area (Å²) < 4.78 is 10.5. The first-order chi connectivity index (χ1) is 11.4. The molecular formula is C17H23NO5S. The molecule has 0 saturated carbocycles. The highest BCUT2D eigenvalue weighted by Gasteiger charge is 2.41. The van der Waals surface area contributed by atoms with Crippen molar-refractivity contribution < 1.29 is 24.2 Å². The van der Waals surface area contributed by atoms with Crippen molar-refractivity contribution in [3.8, 4) is 11.5 Å². The molecule has 0 aromatic heterocycles. The van der Waals surface area contributed by atoms with Gasteiger partial charge in [-0.2, -0.15) is 0 Å². The van der Waals surface area contributed by atoms with Gasteiger partial charge in [-0.1, -0.05) is 0 Å². The number of aliphatic carboxylic acids is 1. The molecular weight excluding hydrogens is 330 g/mol. The van der Waals surface area contributed by atoms with E-state index < -0.39 is 11.4 Å². The molecule has 2 rings (SSSR count). The van der Waals surface area contributed by atoms with Gasteiger partial charge in [0, 0.05) is 30.2 Å². The Kier molecular flexibility index (Phi) is 5.99. The standard InChI is InChI=1S/C17H23NO5S/c1-17(16(20)21)7-8-18(11-17)15(19)6-9-24-12-4-5-13(22-2)14(10-12)23-3/h4-5,10H,6-9,11H2,1-3H3,(H,20,21). The number of carbonyl (C=O) groups is 2. The zero-order valence-electron chi connectivity index (χ0n) is 14.2. The van der Waals surface area contributed by atoms with Crippen molar-refractivity contribution in [1.82, 2.24) is 4.90 Å². The van der Waals surface area contributed by atoms with Crippen LogP contribution in [0.2, 0.25) is 0 Å². The van der Waals surface area contributed by atoms with E-state index in [-0.39, 0.29) is 5.91 Å². The Morgan fingerprint density at radius 1 is 1.29 bits per heavy atom. The summed E-state index contributed by atoms with van der Waals surface area (Å²) in [5.74, 6) is 1.13. The summed E-state index contributed by atoms with van der Waals surface area (Å²) in [5.41, 5.74) is -0.813. The molecule has 132 valence electrons. The van der Waals surface area contributed by atoms with E-state index in [4.69, 9.17) is 9.47 Å². The monoisotopic (exact) mass is 353 g/mol. The lowest BCUT2D eigenvalue weighted by Crippen LogP contribution is -2.34. The fourth-order valence-corrected chi connectivity index (χ4v) is 3.54. The van der Waals surface area contributed by atoms with Crippen LogP contribution in [0.1, 0.15) is 19.8 Å². The maximum atomic E-state index is 12.2. The van der Waals surface area contributed by atoms with Crippen molar-refractivity contribution in [2.75, 3.05) is 33.1 Å². The van der Waals surface area contributed by atoms with Gasteiger partial charge < -0.3 is 19.5 Å². The molecule has 1 heterocycles. The van der Waals surface area contributed by atoms with E-state index in [0.717, 1.165) is 4.90 Å². The number of nitrogens with zero attached hydrogens (tertiary/aromatic N) is 1. The van der Waals surface area contributed by atoms with Crippen LogP contribution in [-0.4, -0.2) is 54.9 Å². The molecule has 1 aromatic rings. The van der Waals surface area contributed by atoms with Crippen molar-refractivity contribution in [2.24, 2.45) is 5.41 Å². The number of thioether (sulfide) groups is 1. The summed E-state index contributed by atoms with van der Waals surface area (Å²) in [6.45, 7) is 2.51. The number of hydrogen-bond acceptors (Lipinski definition) is 5. The first kappa shape index (κ1) is 18.4. The van der Waals surface area contributed by atoms with E-state index in [1.807, 2.05) is 18.2 Å². The quantitative estimate of drug-likeness (QED) is 0.759. The summed E-state index contributed by atoms with van der Waals surface area (Å²) >= 11 is 1.56. The van der Waals surface area contributed by atoms with Crippen LogP contribution in [-0.2, 0) is 9.59 Å². The third-order valence-corrected chi connectivity index (χ3v) is 5.28. The molecule has 1 aliphatic rings. The van der Waals surface area contributed by atoms with E-state index in [0.29, 0.717) is 43.2 Å². The van der Waals surface area contributed by atoms with Crippen molar-refractivity contribution in [3.05, 3.63) is 18.2 Å². The minimum atomic E-state index is -0.836. The predicted molar refractivity (Wildman–Crippen MR) is 91.8 cm³/mol. The molecule has 1 fully saturated rings. The van der Waals surface area contributed by atoms with E-state index >= 15 is 0 Å². The molecule has 0 aliphatic carbocycles. The number of rotatable bonds is 7. The Labute approximate surface area is 146 Å². The molecule has 7 heteroatoms. The Balaban J connectivity index is 1.84. The molecule has 0 bridgehead atoms. The predicted octanol–water partition coefficient (Wildman–Crippen LogP) is 2.51. The van der Waals surface area contributed by atoms with E-state index in [1.165, 1.54) is 0 Å². The van der Waals surface area contributed by atoms with Gasteiger partial charge in [-0.3, -0.25) is 9.59 Å². The van der Waals surface area contributed by atoms with Gasteiger partial charge in [-0.05, 0) is 31.5 Å². The molecule has 0 radical (unpaired) electrons. The van der Waals surface area contributed by atoms with Gasteiger partial charge in [-0.25, -0.2) is 0 Å². The van der Waals surface area contributed by atoms with Gasteiger partial charge in [-0.15, -0.1) is 11.8 Å². The normalized spacial score (nSPS) is 20.0. The summed E-state index contributed by atoms with van der Waals surface area (Å²) in [6, 6.07) is 5.64. The second kappa shape index (κ2) is 7.79. The Bertz CT molecular complexity index is 621. The van der Waals surface area contributed by atoms with Crippen molar-refractivity contribution >= 4 is 23.6 Å². The average molecular weight is 353 g/mol. The Hall–Kier alpha value is -1.89. The number of methoxy groups -OCH3 is 2. The number of hydrogen-bond donors (Lipinski definition) is 1. The third-order valence-electron chi connectivity index (χ3n) is 4.28. The first-order valence-corrected chi connectivity index (χ1v) is 8.74. The highest BCUT2D eigenvalue weighted by Crippen LogP contribution is 2.33. The zero-order chi connectivity index (χ0) is 17.7. The minimum Gasteiger partial charge on any atom is -0.493 e. The number of benzene rings is 1. The van der Waals surface area contributed by atoms with Crippen LogP contribution in [0.25, 0.3) is 0 Å². The molecule has 6 nitrogen and oxygen atoms in total. The molecule has 1 N–H and O–H groups in total. The number of amides is 1. The van der Waals surface area contributed by atoms with Gasteiger partial charge >= 0.3 is 5.97 Å². The number of likely N-dealkylation sites (tertiary alicyclic amines) is 1. The lowest BCUT2D eigenvalue weighted by atomic mass is 9.90. The fourth-order valence-electron chi connectivity index (χ4n) is 2.67. The van der Waals surface area contributed by atoms with Crippen molar-refractivity contribution in [3.63, 3.8) is 0 Å². The minimum absolute atomic E-state index is 0.00736. The van der Waals surface area contributed by atoms with Crippen LogP contribution in [0.3, 0.4) is 0 Å². The second-order valence-corrected chi connectivity index (χ2v) is 7.21. The summed E-state index contributed by atoms with van der Waals surface area (Å²) in [5, 5.41) is 9.22. The molecule has 1 aliphatic heterocycles. The summed E-state index contributed by atoms with van der Waals surface area (Å²) in [7, 11) is 3.17. The van der Waals surface area contributed by atoms with Crippen LogP contribution in [0.15, 0.2) is 23.1 Å². The van der Waals surface area contributed by atoms with Gasteiger partial charge in [0.1, 0.15) is 0 Å². The maximum Gasteiger partial charge on any atom is 0.311 e. The number of carboxylic acids is 1. The lowest BCUT2D eigenvalue weighted by molar-refractivity contribution is -0.147. The number of ether oxygens (including phenoxy) is 2. The van der Waals surface area contributed by atoms with Gasteiger partial charge in [0.05, 0.1) is 19.6 Å². The molecule has 1 unspecified atom stereocenters. The third kappa shape index (κ3) is 4.14. The highest BCUT2D eigenvalue weighted by atomic mass is 32.2. The molecule has 1 saturated heterocycles. The summed E-state index contributed by atoms with van der Waals surface area (Å²) in [4.78, 5) is 26.1. The Morgan fingerprint density at radius 2 is 2.00 bits per heavy atom. The molecule has 24 heavy (non-hydrogen) atoms. The molecule has 1 atom stereocenters. The topological polar surface area (TPSA) is 76.1 Å². The van der Waals surface area contributed by atoms with Gasteiger partial charge in [0.2, 0.25) is 5.91 Å². The van der Waals surface area contributed by atoms with Crippen LogP contribution >= 0.6 is 11.8 Å². The number of carboxylic acid groups (broad SMARTS) is 1. The van der Waals surface area contributed by atoms with Crippen LogP contribution < -0.4 is 9.47 Å². The van der Waals surface area contributed by atoms with Crippen LogP contribution in [0, 0.1) is 5.41 Å². The largest absolute Gasteiger partial charge is 0.493 e. The highest BCUT2D eigenvalue weighted by molar-refractivity contribution is 7.99. The molecule has 1 amide bonds. The smallest absolute Gasteiger partial charge is 0.311 e. The fraction of sp³-hybridized carbons (Fsp3) is 0.529. The Morgan fingerprint density at radius 3 is 2.58 bits per heavy atom. The molecule has 1 aromatic carbocycles. The first-order valence-electron chi connectivity index (χ1n) is 7.75. The lowest BCUT2D eigenvalue weighted by Gasteiger charge is -2.20. The van der Waals surface area contributed by atoms with Gasteiger partial charge in [0.25, 0.3) is 0 Å². The average Bonchev–Trinajstić information content (AvgIpc) is 2.98. The van der Waals surface area contributed by atoms with E-state index in [9.17, 15) is 14.7 Å². The molecule has 0 spiro atoms. The van der Waals surface area contributed by atoms with Crippen LogP contribution in [0.5, 0.6) is 11.5 Å².